The Morgan fingerprint density at radius 3 is 2.87 bits per heavy atom. The number of fused-ring (bicyclic) bond motifs is 2. The third kappa shape index (κ3) is 1.26. The van der Waals surface area contributed by atoms with Crippen molar-refractivity contribution < 1.29 is 19.1 Å². The largest absolute Gasteiger partial charge is 0.447 e. The van der Waals surface area contributed by atoms with Crippen molar-refractivity contribution in [2.75, 3.05) is 13.2 Å². The minimum absolute atomic E-state index is 0.0579. The van der Waals surface area contributed by atoms with Gasteiger partial charge in [0.25, 0.3) is 0 Å². The molecule has 0 N–H and O–H groups in total. The first-order valence-electron chi connectivity index (χ1n) is 5.07. The number of cyclic esters (lactones) is 1. The van der Waals surface area contributed by atoms with Gasteiger partial charge < -0.3 is 9.47 Å². The fourth-order valence-corrected chi connectivity index (χ4v) is 2.31. The first-order valence-corrected chi connectivity index (χ1v) is 5.07. The molecule has 15 heavy (non-hydrogen) atoms. The van der Waals surface area contributed by atoms with Crippen molar-refractivity contribution in [1.29, 1.82) is 0 Å². The van der Waals surface area contributed by atoms with Crippen molar-refractivity contribution in [3.8, 4) is 0 Å². The maximum atomic E-state index is 12.0. The van der Waals surface area contributed by atoms with Crippen molar-refractivity contribution in [2.24, 2.45) is 5.92 Å². The summed E-state index contributed by atoms with van der Waals surface area (Å²) < 4.78 is 10.2. The number of carbonyl (C=O) groups is 2. The van der Waals surface area contributed by atoms with Crippen LogP contribution in [0, 0.1) is 5.92 Å². The lowest BCUT2D eigenvalue weighted by molar-refractivity contribution is -0.132. The predicted octanol–water partition coefficient (Wildman–Crippen LogP) is 0.309. The molecule has 2 saturated heterocycles. The summed E-state index contributed by atoms with van der Waals surface area (Å²) in [5.41, 5.74) is 0. The lowest BCUT2D eigenvalue weighted by Gasteiger charge is -2.19. The van der Waals surface area contributed by atoms with Gasteiger partial charge in [-0.15, -0.1) is 0 Å². The first kappa shape index (κ1) is 8.91. The van der Waals surface area contributed by atoms with Crippen LogP contribution in [0.4, 0.5) is 4.79 Å². The van der Waals surface area contributed by atoms with Crippen LogP contribution >= 0.6 is 0 Å². The molecule has 3 aliphatic heterocycles. The molecule has 2 bridgehead atoms. The molecular formula is C10H11NO4. The summed E-state index contributed by atoms with van der Waals surface area (Å²) in [6.45, 7) is 0.678. The fourth-order valence-electron chi connectivity index (χ4n) is 2.31. The van der Waals surface area contributed by atoms with Gasteiger partial charge in [0.2, 0.25) is 5.91 Å². The van der Waals surface area contributed by atoms with E-state index >= 15 is 0 Å². The zero-order valence-electron chi connectivity index (χ0n) is 8.09. The summed E-state index contributed by atoms with van der Waals surface area (Å²) in [6.07, 6.45) is 3.95. The summed E-state index contributed by atoms with van der Waals surface area (Å²) in [7, 11) is 0. The molecule has 0 saturated carbocycles. The highest BCUT2D eigenvalue weighted by molar-refractivity contribution is 5.94. The van der Waals surface area contributed by atoms with Gasteiger partial charge in [-0.2, -0.15) is 0 Å². The zero-order valence-corrected chi connectivity index (χ0v) is 8.09. The second kappa shape index (κ2) is 3.06. The van der Waals surface area contributed by atoms with Crippen LogP contribution < -0.4 is 0 Å². The molecule has 2 fully saturated rings. The molecule has 0 radical (unpaired) electrons. The number of hydrogen-bond donors (Lipinski definition) is 0. The van der Waals surface area contributed by atoms with Gasteiger partial charge in [0, 0.05) is 0 Å². The summed E-state index contributed by atoms with van der Waals surface area (Å²) in [4.78, 5) is 24.3. The Labute approximate surface area is 86.6 Å². The van der Waals surface area contributed by atoms with E-state index in [0.717, 1.165) is 0 Å². The number of ether oxygens (including phenoxy) is 2. The molecule has 80 valence electrons. The Bertz CT molecular complexity index is 351. The van der Waals surface area contributed by atoms with E-state index in [0.29, 0.717) is 19.6 Å². The average Bonchev–Trinajstić information content (AvgIpc) is 2.91. The lowest BCUT2D eigenvalue weighted by Crippen LogP contribution is -2.39. The Balaban J connectivity index is 1.75. The van der Waals surface area contributed by atoms with Crippen molar-refractivity contribution in [1.82, 2.24) is 4.90 Å². The van der Waals surface area contributed by atoms with Gasteiger partial charge in [-0.1, -0.05) is 12.2 Å². The van der Waals surface area contributed by atoms with Crippen LogP contribution in [-0.2, 0) is 14.3 Å². The minimum Gasteiger partial charge on any atom is -0.447 e. The quantitative estimate of drug-likeness (QED) is 0.583. The van der Waals surface area contributed by atoms with E-state index in [9.17, 15) is 9.59 Å². The van der Waals surface area contributed by atoms with Gasteiger partial charge in [-0.05, 0) is 6.42 Å². The summed E-state index contributed by atoms with van der Waals surface area (Å²) in [5.74, 6) is -0.361. The van der Waals surface area contributed by atoms with Gasteiger partial charge in [0.15, 0.2) is 0 Å². The Morgan fingerprint density at radius 1 is 1.47 bits per heavy atom. The SMILES string of the molecule is O=C1OCCN1C(=O)[C@H]1C[C@@H]2C=C[C@H]1O2. The molecule has 5 nitrogen and oxygen atoms in total. The molecule has 2 amide bonds. The molecule has 0 aromatic rings. The van der Waals surface area contributed by atoms with E-state index in [1.54, 1.807) is 0 Å². The van der Waals surface area contributed by atoms with Crippen molar-refractivity contribution in [3.05, 3.63) is 12.2 Å². The summed E-state index contributed by atoms with van der Waals surface area (Å²) in [5, 5.41) is 0. The molecular weight excluding hydrogens is 198 g/mol. The van der Waals surface area contributed by atoms with Gasteiger partial charge in [0.05, 0.1) is 24.7 Å². The first-order chi connectivity index (χ1) is 7.25. The zero-order chi connectivity index (χ0) is 10.4. The summed E-state index contributed by atoms with van der Waals surface area (Å²) >= 11 is 0. The van der Waals surface area contributed by atoms with Crippen LogP contribution in [0.3, 0.4) is 0 Å². The number of amides is 2. The number of hydrogen-bond acceptors (Lipinski definition) is 4. The number of nitrogens with zero attached hydrogens (tertiary/aromatic N) is 1. The van der Waals surface area contributed by atoms with Crippen molar-refractivity contribution >= 4 is 12.0 Å². The predicted molar refractivity (Wildman–Crippen MR) is 49.0 cm³/mol. The Morgan fingerprint density at radius 2 is 2.33 bits per heavy atom. The average molecular weight is 209 g/mol. The maximum Gasteiger partial charge on any atom is 0.416 e. The maximum absolute atomic E-state index is 12.0. The normalized spacial score (nSPS) is 37.5. The number of imide groups is 1. The molecule has 0 aliphatic carbocycles. The van der Waals surface area contributed by atoms with Crippen LogP contribution in [0.2, 0.25) is 0 Å². The van der Waals surface area contributed by atoms with Crippen LogP contribution in [0.25, 0.3) is 0 Å². The van der Waals surface area contributed by atoms with Gasteiger partial charge >= 0.3 is 6.09 Å². The molecule has 3 aliphatic rings. The second-order valence-corrected chi connectivity index (χ2v) is 3.97. The molecule has 0 unspecified atom stereocenters. The van der Waals surface area contributed by atoms with E-state index < -0.39 is 6.09 Å². The van der Waals surface area contributed by atoms with Crippen molar-refractivity contribution in [3.63, 3.8) is 0 Å². The molecule has 5 heteroatoms. The van der Waals surface area contributed by atoms with E-state index in [4.69, 9.17) is 9.47 Å². The minimum atomic E-state index is -0.522. The van der Waals surface area contributed by atoms with E-state index in [-0.39, 0.29) is 24.0 Å². The highest BCUT2D eigenvalue weighted by atomic mass is 16.6. The van der Waals surface area contributed by atoms with Crippen LogP contribution in [-0.4, -0.2) is 42.3 Å². The monoisotopic (exact) mass is 209 g/mol. The summed E-state index contributed by atoms with van der Waals surface area (Å²) in [6, 6.07) is 0. The number of carbonyl (C=O) groups excluding carboxylic acids is 2. The topological polar surface area (TPSA) is 55.8 Å². The molecule has 0 aromatic heterocycles. The van der Waals surface area contributed by atoms with Gasteiger partial charge in [0.1, 0.15) is 6.61 Å². The highest BCUT2D eigenvalue weighted by Gasteiger charge is 2.45. The lowest BCUT2D eigenvalue weighted by atomic mass is 9.93. The van der Waals surface area contributed by atoms with E-state index in [2.05, 4.69) is 0 Å². The van der Waals surface area contributed by atoms with Gasteiger partial charge in [-0.3, -0.25) is 4.79 Å². The van der Waals surface area contributed by atoms with Crippen LogP contribution in [0.5, 0.6) is 0 Å². The fraction of sp³-hybridized carbons (Fsp3) is 0.600. The molecule has 0 spiro atoms. The number of rotatable bonds is 1. The van der Waals surface area contributed by atoms with Crippen LogP contribution in [0.15, 0.2) is 12.2 Å². The van der Waals surface area contributed by atoms with Gasteiger partial charge in [-0.25, -0.2) is 9.69 Å². The third-order valence-electron chi connectivity index (χ3n) is 3.07. The molecule has 3 heterocycles. The third-order valence-corrected chi connectivity index (χ3v) is 3.07. The van der Waals surface area contributed by atoms with E-state index in [1.807, 2.05) is 12.2 Å². The smallest absolute Gasteiger partial charge is 0.416 e. The Kier molecular flexibility index (Phi) is 1.82. The molecule has 0 aromatic carbocycles. The molecule has 3 atom stereocenters. The van der Waals surface area contributed by atoms with E-state index in [1.165, 1.54) is 4.90 Å². The molecule has 3 rings (SSSR count). The van der Waals surface area contributed by atoms with Crippen molar-refractivity contribution in [2.45, 2.75) is 18.6 Å². The Hall–Kier alpha value is -1.36. The standard InChI is InChI=1S/C10H11NO4/c12-9(11-3-4-14-10(11)13)7-5-6-1-2-8(7)15-6/h1-2,6-8H,3-5H2/t6-,7-,8+/m0/s1. The second-order valence-electron chi connectivity index (χ2n) is 3.97. The highest BCUT2D eigenvalue weighted by Crippen LogP contribution is 2.35. The van der Waals surface area contributed by atoms with Crippen LogP contribution in [0.1, 0.15) is 6.42 Å².